The molecule has 0 radical (unpaired) electrons. The van der Waals surface area contributed by atoms with Gasteiger partial charge in [0.15, 0.2) is 0 Å². The van der Waals surface area contributed by atoms with Crippen LogP contribution < -0.4 is 0 Å². The molecule has 0 heterocycles. The number of hydrogen-bond acceptors (Lipinski definition) is 2. The lowest BCUT2D eigenvalue weighted by molar-refractivity contribution is -0.440. The molecule has 2 nitrogen and oxygen atoms in total. The molecule has 28 heavy (non-hydrogen) atoms. The van der Waals surface area contributed by atoms with Gasteiger partial charge in [-0.3, -0.25) is 0 Å². The van der Waals surface area contributed by atoms with E-state index in [1.165, 1.54) is 0 Å². The van der Waals surface area contributed by atoms with Gasteiger partial charge in [-0.25, -0.2) is 0 Å². The maximum Gasteiger partial charge on any atom is 0.460 e. The van der Waals surface area contributed by atoms with E-state index in [1.807, 2.05) is 0 Å². The molecule has 0 aromatic rings. The molecule has 0 spiro atoms. The van der Waals surface area contributed by atoms with E-state index in [-0.39, 0.29) is 0 Å². The highest BCUT2D eigenvalue weighted by Gasteiger charge is 2.90. The van der Waals surface area contributed by atoms with Crippen LogP contribution in [0.25, 0.3) is 0 Å². The zero-order chi connectivity index (χ0) is 23.2. The van der Waals surface area contributed by atoms with Crippen molar-refractivity contribution >= 4 is 0 Å². The summed E-state index contributed by atoms with van der Waals surface area (Å²) in [4.78, 5) is 0. The van der Waals surface area contributed by atoms with Gasteiger partial charge in [-0.1, -0.05) is 13.8 Å². The average Bonchev–Trinajstić information content (AvgIpc) is 2.50. The topological polar surface area (TPSA) is 40.5 Å². The van der Waals surface area contributed by atoms with Gasteiger partial charge in [0.25, 0.3) is 0 Å². The van der Waals surface area contributed by atoms with Crippen LogP contribution in [0.1, 0.15) is 26.7 Å². The first kappa shape index (κ1) is 27.0. The van der Waals surface area contributed by atoms with Crippen LogP contribution in [-0.4, -0.2) is 58.7 Å². The third kappa shape index (κ3) is 4.14. The predicted molar refractivity (Wildman–Crippen MR) is 66.9 cm³/mol. The summed E-state index contributed by atoms with van der Waals surface area (Å²) in [6.45, 7) is 1.11. The van der Waals surface area contributed by atoms with E-state index in [1.54, 1.807) is 0 Å². The van der Waals surface area contributed by atoms with E-state index in [0.717, 1.165) is 13.8 Å². The van der Waals surface area contributed by atoms with E-state index in [4.69, 9.17) is 5.11 Å². The second-order valence-corrected chi connectivity index (χ2v) is 6.70. The van der Waals surface area contributed by atoms with Crippen LogP contribution in [0.5, 0.6) is 0 Å². The van der Waals surface area contributed by atoms with Crippen LogP contribution in [0.15, 0.2) is 0 Å². The lowest BCUT2D eigenvalue weighted by Crippen LogP contribution is -2.70. The van der Waals surface area contributed by atoms with Crippen LogP contribution in [0.3, 0.4) is 0 Å². The molecular weight excluding hydrogens is 435 g/mol. The molecular formula is C13H15F13O2. The van der Waals surface area contributed by atoms with Gasteiger partial charge < -0.3 is 10.2 Å². The minimum atomic E-state index is -7.94. The Hall–Kier alpha value is -0.990. The van der Waals surface area contributed by atoms with Crippen LogP contribution >= 0.6 is 0 Å². The van der Waals surface area contributed by atoms with Gasteiger partial charge in [-0.15, -0.1) is 0 Å². The smallest absolute Gasteiger partial charge is 0.396 e. The molecule has 0 aliphatic rings. The molecule has 170 valence electrons. The van der Waals surface area contributed by atoms with Gasteiger partial charge in [0.1, 0.15) is 0 Å². The van der Waals surface area contributed by atoms with Crippen molar-refractivity contribution in [2.45, 2.75) is 68.6 Å². The van der Waals surface area contributed by atoms with Crippen LogP contribution in [0, 0.1) is 5.41 Å². The van der Waals surface area contributed by atoms with Crippen molar-refractivity contribution in [3.05, 3.63) is 0 Å². The molecule has 0 amide bonds. The molecule has 0 bridgehead atoms. The van der Waals surface area contributed by atoms with Crippen molar-refractivity contribution in [2.75, 3.05) is 6.61 Å². The molecule has 0 fully saturated rings. The van der Waals surface area contributed by atoms with Crippen LogP contribution in [0.2, 0.25) is 0 Å². The average molecular weight is 450 g/mol. The zero-order valence-electron chi connectivity index (χ0n) is 14.0. The van der Waals surface area contributed by atoms with Crippen molar-refractivity contribution < 1.29 is 67.3 Å². The summed E-state index contributed by atoms with van der Waals surface area (Å²) < 4.78 is 167. The van der Waals surface area contributed by atoms with Gasteiger partial charge >= 0.3 is 35.8 Å². The van der Waals surface area contributed by atoms with Crippen LogP contribution in [0.4, 0.5) is 57.1 Å². The number of halogens is 13. The highest BCUT2D eigenvalue weighted by atomic mass is 19.4. The first-order valence-corrected chi connectivity index (χ1v) is 7.19. The third-order valence-corrected chi connectivity index (χ3v) is 4.04. The second-order valence-electron chi connectivity index (χ2n) is 6.70. The summed E-state index contributed by atoms with van der Waals surface area (Å²) in [6, 6.07) is 0. The summed E-state index contributed by atoms with van der Waals surface area (Å²) >= 11 is 0. The minimum Gasteiger partial charge on any atom is -0.396 e. The molecule has 2 N–H and O–H groups in total. The monoisotopic (exact) mass is 450 g/mol. The van der Waals surface area contributed by atoms with E-state index >= 15 is 0 Å². The summed E-state index contributed by atoms with van der Waals surface area (Å²) in [6.07, 6.45) is -13.5. The van der Waals surface area contributed by atoms with Crippen molar-refractivity contribution in [3.8, 4) is 0 Å². The normalized spacial score (nSPS) is 17.0. The molecule has 0 saturated heterocycles. The molecule has 0 aliphatic heterocycles. The molecule has 0 aromatic heterocycles. The van der Waals surface area contributed by atoms with Gasteiger partial charge in [0.2, 0.25) is 0 Å². The molecule has 0 rings (SSSR count). The maximum absolute atomic E-state index is 13.5. The molecule has 1 unspecified atom stereocenters. The van der Waals surface area contributed by atoms with E-state index in [2.05, 4.69) is 0 Å². The highest BCUT2D eigenvalue weighted by Crippen LogP contribution is 2.60. The number of hydrogen-bond donors (Lipinski definition) is 2. The van der Waals surface area contributed by atoms with Gasteiger partial charge in [0, 0.05) is 11.8 Å². The fraction of sp³-hybridized carbons (Fsp3) is 1.00. The Morgan fingerprint density at radius 2 is 1.00 bits per heavy atom. The fourth-order valence-corrected chi connectivity index (χ4v) is 1.77. The number of alkyl halides is 13. The fourth-order valence-electron chi connectivity index (χ4n) is 1.77. The Morgan fingerprint density at radius 3 is 1.32 bits per heavy atom. The second kappa shape index (κ2) is 7.36. The van der Waals surface area contributed by atoms with Crippen molar-refractivity contribution in [2.24, 2.45) is 5.41 Å². The quantitative estimate of drug-likeness (QED) is 0.492. The Kier molecular flexibility index (Phi) is 7.10. The lowest BCUT2D eigenvalue weighted by atomic mass is 9.83. The number of rotatable bonds is 9. The molecule has 0 saturated carbocycles. The molecule has 15 heteroatoms. The van der Waals surface area contributed by atoms with Crippen molar-refractivity contribution in [3.63, 3.8) is 0 Å². The molecule has 0 aliphatic carbocycles. The standard InChI is InChI=1S/C13H15F13O2/c1-7(2,5-27)6(28)3-4-8(14,15)9(16,17)10(18,19)11(20,21)12(22,23)13(24,25)26/h6,27-28H,3-5H2,1-2H3. The Morgan fingerprint density at radius 1 is 0.643 bits per heavy atom. The van der Waals surface area contributed by atoms with Gasteiger partial charge in [-0.2, -0.15) is 57.1 Å². The molecule has 1 atom stereocenters. The number of aliphatic hydroxyl groups excluding tert-OH is 2. The minimum absolute atomic E-state index is 0.915. The number of aliphatic hydroxyl groups is 2. The summed E-state index contributed by atoms with van der Waals surface area (Å²) in [7, 11) is 0. The predicted octanol–water partition coefficient (Wildman–Crippen LogP) is 4.88. The maximum atomic E-state index is 13.5. The van der Waals surface area contributed by atoms with Gasteiger partial charge in [0.05, 0.1) is 12.7 Å². The van der Waals surface area contributed by atoms with E-state index in [9.17, 15) is 62.2 Å². The van der Waals surface area contributed by atoms with Gasteiger partial charge in [-0.05, 0) is 6.42 Å². The third-order valence-electron chi connectivity index (χ3n) is 4.04. The van der Waals surface area contributed by atoms with Crippen molar-refractivity contribution in [1.29, 1.82) is 0 Å². The Bertz CT molecular complexity index is 539. The zero-order valence-corrected chi connectivity index (χ0v) is 14.0. The first-order valence-electron chi connectivity index (χ1n) is 7.19. The molecule has 0 aromatic carbocycles. The first-order chi connectivity index (χ1) is 11.9. The largest absolute Gasteiger partial charge is 0.460 e. The van der Waals surface area contributed by atoms with E-state index < -0.39 is 66.8 Å². The van der Waals surface area contributed by atoms with Crippen molar-refractivity contribution in [1.82, 2.24) is 0 Å². The Balaban J connectivity index is 5.93. The summed E-state index contributed by atoms with van der Waals surface area (Å²) in [5.41, 5.74) is -1.64. The van der Waals surface area contributed by atoms with E-state index in [0.29, 0.717) is 0 Å². The lowest BCUT2D eigenvalue weighted by Gasteiger charge is -2.40. The Labute approximate surface area is 149 Å². The highest BCUT2D eigenvalue weighted by molar-refractivity contribution is 5.10. The summed E-state index contributed by atoms with van der Waals surface area (Å²) in [5.74, 6) is -37.1. The SMILES string of the molecule is CC(C)(CO)C(O)CCC(F)(F)C(F)(F)C(F)(F)C(F)(F)C(F)(F)C(F)(F)F. The van der Waals surface area contributed by atoms with Crippen LogP contribution in [-0.2, 0) is 0 Å². The summed E-state index contributed by atoms with van der Waals surface area (Å²) in [5, 5.41) is 18.3.